The molecule has 0 aliphatic carbocycles. The topological polar surface area (TPSA) is 0 Å². The first-order valence-corrected chi connectivity index (χ1v) is 9.19. The van der Waals surface area contributed by atoms with E-state index in [1.807, 2.05) is 0 Å². The van der Waals surface area contributed by atoms with Gasteiger partial charge in [0.15, 0.2) is 0 Å². The van der Waals surface area contributed by atoms with Crippen LogP contribution in [0.2, 0.25) is 0 Å². The van der Waals surface area contributed by atoms with Crippen molar-refractivity contribution in [3.63, 3.8) is 0 Å². The summed E-state index contributed by atoms with van der Waals surface area (Å²) in [7, 11) is 0. The second-order valence-corrected chi connectivity index (χ2v) is 7.20. The van der Waals surface area contributed by atoms with Gasteiger partial charge in [-0.05, 0) is 77.6 Å². The first-order chi connectivity index (χ1) is 12.3. The van der Waals surface area contributed by atoms with Crippen molar-refractivity contribution in [3.8, 4) is 11.1 Å². The van der Waals surface area contributed by atoms with Crippen LogP contribution >= 0.6 is 15.9 Å². The molecule has 0 radical (unpaired) electrons. The summed E-state index contributed by atoms with van der Waals surface area (Å²) in [6, 6.07) is 32.7. The summed E-state index contributed by atoms with van der Waals surface area (Å²) in [6.45, 7) is 0. The van der Waals surface area contributed by atoms with Crippen LogP contribution in [-0.4, -0.2) is 0 Å². The first-order valence-electron chi connectivity index (χ1n) is 8.40. The number of rotatable bonds is 1. The largest absolute Gasteiger partial charge is 0.0616 e. The molecule has 5 rings (SSSR count). The van der Waals surface area contributed by atoms with Gasteiger partial charge in [0.1, 0.15) is 0 Å². The highest BCUT2D eigenvalue weighted by atomic mass is 79.9. The molecule has 0 fully saturated rings. The number of benzene rings is 5. The molecule has 118 valence electrons. The number of hydrogen-bond donors (Lipinski definition) is 0. The standard InChI is InChI=1S/C24H15Br/c25-24-22-8-4-3-7-20(22)15-21-14-19(11-12-23(21)24)18-10-9-16-5-1-2-6-17(16)13-18/h1-15H. The van der Waals surface area contributed by atoms with Crippen LogP contribution in [0.5, 0.6) is 0 Å². The Kier molecular flexibility index (Phi) is 3.36. The minimum Gasteiger partial charge on any atom is -0.0616 e. The lowest BCUT2D eigenvalue weighted by Crippen LogP contribution is -1.83. The lowest BCUT2D eigenvalue weighted by Gasteiger charge is -2.09. The highest BCUT2D eigenvalue weighted by Gasteiger charge is 2.07. The van der Waals surface area contributed by atoms with Crippen LogP contribution in [0, 0.1) is 0 Å². The smallest absolute Gasteiger partial charge is 0.0332 e. The average molecular weight is 383 g/mol. The molecule has 0 aromatic heterocycles. The Morgan fingerprint density at radius 2 is 1.04 bits per heavy atom. The van der Waals surface area contributed by atoms with Gasteiger partial charge in [-0.1, -0.05) is 72.8 Å². The van der Waals surface area contributed by atoms with Crippen LogP contribution in [0.25, 0.3) is 43.4 Å². The van der Waals surface area contributed by atoms with E-state index in [4.69, 9.17) is 0 Å². The Labute approximate surface area is 154 Å². The lowest BCUT2D eigenvalue weighted by molar-refractivity contribution is 1.67. The molecule has 0 aliphatic heterocycles. The van der Waals surface area contributed by atoms with Crippen molar-refractivity contribution in [3.05, 3.63) is 95.5 Å². The molecule has 0 heterocycles. The molecule has 0 atom stereocenters. The van der Waals surface area contributed by atoms with Gasteiger partial charge in [0.25, 0.3) is 0 Å². The fraction of sp³-hybridized carbons (Fsp3) is 0. The summed E-state index contributed by atoms with van der Waals surface area (Å²) < 4.78 is 1.17. The molecule has 0 saturated heterocycles. The summed E-state index contributed by atoms with van der Waals surface area (Å²) in [5.74, 6) is 0. The van der Waals surface area contributed by atoms with E-state index in [0.717, 1.165) is 0 Å². The van der Waals surface area contributed by atoms with Gasteiger partial charge in [-0.2, -0.15) is 0 Å². The van der Waals surface area contributed by atoms with Gasteiger partial charge >= 0.3 is 0 Å². The molecule has 0 spiro atoms. The van der Waals surface area contributed by atoms with Crippen molar-refractivity contribution in [2.45, 2.75) is 0 Å². The maximum Gasteiger partial charge on any atom is 0.0332 e. The molecule has 0 aliphatic rings. The SMILES string of the molecule is Brc1c2ccccc2cc2cc(-c3ccc4ccccc4c3)ccc12. The normalized spacial score (nSPS) is 11.4. The summed E-state index contributed by atoms with van der Waals surface area (Å²) in [5.41, 5.74) is 2.50. The molecule has 0 unspecified atom stereocenters. The third-order valence-electron chi connectivity index (χ3n) is 4.88. The number of halogens is 1. The first kappa shape index (κ1) is 14.7. The van der Waals surface area contributed by atoms with E-state index >= 15 is 0 Å². The quantitative estimate of drug-likeness (QED) is 0.262. The average Bonchev–Trinajstić information content (AvgIpc) is 2.67. The van der Waals surface area contributed by atoms with Crippen LogP contribution in [0.1, 0.15) is 0 Å². The van der Waals surface area contributed by atoms with E-state index in [1.165, 1.54) is 47.9 Å². The minimum absolute atomic E-state index is 1.17. The summed E-state index contributed by atoms with van der Waals surface area (Å²) in [4.78, 5) is 0. The van der Waals surface area contributed by atoms with E-state index in [1.54, 1.807) is 0 Å². The molecular formula is C24H15Br. The zero-order chi connectivity index (χ0) is 16.8. The van der Waals surface area contributed by atoms with Crippen molar-refractivity contribution in [1.82, 2.24) is 0 Å². The van der Waals surface area contributed by atoms with Gasteiger partial charge in [0, 0.05) is 4.47 Å². The Bertz CT molecular complexity index is 1250. The van der Waals surface area contributed by atoms with Crippen molar-refractivity contribution in [2.75, 3.05) is 0 Å². The zero-order valence-electron chi connectivity index (χ0n) is 13.5. The van der Waals surface area contributed by atoms with Crippen molar-refractivity contribution in [1.29, 1.82) is 0 Å². The third-order valence-corrected chi connectivity index (χ3v) is 5.73. The number of hydrogen-bond acceptors (Lipinski definition) is 0. The molecule has 1 heteroatoms. The van der Waals surface area contributed by atoms with E-state index in [0.29, 0.717) is 0 Å². The fourth-order valence-corrected chi connectivity index (χ4v) is 4.29. The Morgan fingerprint density at radius 3 is 1.88 bits per heavy atom. The summed E-state index contributed by atoms with van der Waals surface area (Å²) in [6.07, 6.45) is 0. The minimum atomic E-state index is 1.17. The molecule has 25 heavy (non-hydrogen) atoms. The Balaban J connectivity index is 1.74. The van der Waals surface area contributed by atoms with Gasteiger partial charge in [-0.15, -0.1) is 0 Å². The van der Waals surface area contributed by atoms with Crippen LogP contribution in [-0.2, 0) is 0 Å². The highest BCUT2D eigenvalue weighted by molar-refractivity contribution is 9.10. The molecule has 0 amide bonds. The van der Waals surface area contributed by atoms with Crippen LogP contribution in [0.15, 0.2) is 95.5 Å². The Morgan fingerprint density at radius 1 is 0.440 bits per heavy atom. The van der Waals surface area contributed by atoms with E-state index in [2.05, 4.69) is 107 Å². The molecule has 0 saturated carbocycles. The summed E-state index contributed by atoms with van der Waals surface area (Å²) in [5, 5.41) is 7.59. The van der Waals surface area contributed by atoms with Crippen LogP contribution in [0.3, 0.4) is 0 Å². The van der Waals surface area contributed by atoms with Crippen molar-refractivity contribution >= 4 is 48.2 Å². The molecule has 5 aromatic carbocycles. The van der Waals surface area contributed by atoms with E-state index in [-0.39, 0.29) is 0 Å². The second-order valence-electron chi connectivity index (χ2n) is 6.41. The Hall–Kier alpha value is -2.64. The van der Waals surface area contributed by atoms with Gasteiger partial charge < -0.3 is 0 Å². The zero-order valence-corrected chi connectivity index (χ0v) is 15.1. The second kappa shape index (κ2) is 5.72. The predicted molar refractivity (Wildman–Crippen MR) is 112 cm³/mol. The fourth-order valence-electron chi connectivity index (χ4n) is 3.57. The van der Waals surface area contributed by atoms with Crippen molar-refractivity contribution in [2.24, 2.45) is 0 Å². The third kappa shape index (κ3) is 2.43. The van der Waals surface area contributed by atoms with Crippen LogP contribution in [0.4, 0.5) is 0 Å². The molecule has 0 N–H and O–H groups in total. The van der Waals surface area contributed by atoms with Gasteiger partial charge in [0.05, 0.1) is 0 Å². The lowest BCUT2D eigenvalue weighted by atomic mass is 9.97. The number of fused-ring (bicyclic) bond motifs is 3. The van der Waals surface area contributed by atoms with Gasteiger partial charge in [-0.25, -0.2) is 0 Å². The maximum atomic E-state index is 3.80. The predicted octanol–water partition coefficient (Wildman–Crippen LogP) is 7.58. The van der Waals surface area contributed by atoms with E-state index in [9.17, 15) is 0 Å². The van der Waals surface area contributed by atoms with E-state index < -0.39 is 0 Å². The molecule has 0 bridgehead atoms. The molecule has 0 nitrogen and oxygen atoms in total. The molecule has 5 aromatic rings. The maximum absolute atomic E-state index is 3.80. The summed E-state index contributed by atoms with van der Waals surface area (Å²) >= 11 is 3.80. The van der Waals surface area contributed by atoms with Crippen LogP contribution < -0.4 is 0 Å². The van der Waals surface area contributed by atoms with Gasteiger partial charge in [-0.3, -0.25) is 0 Å². The van der Waals surface area contributed by atoms with Crippen molar-refractivity contribution < 1.29 is 0 Å². The monoisotopic (exact) mass is 382 g/mol. The molecular weight excluding hydrogens is 368 g/mol. The van der Waals surface area contributed by atoms with Gasteiger partial charge in [0.2, 0.25) is 0 Å². The highest BCUT2D eigenvalue weighted by Crippen LogP contribution is 2.35.